The molecule has 12 heteroatoms. The lowest BCUT2D eigenvalue weighted by atomic mass is 9.63. The van der Waals surface area contributed by atoms with E-state index in [1.807, 2.05) is 19.9 Å². The largest absolute Gasteiger partial charge is 0.422 e. The van der Waals surface area contributed by atoms with E-state index in [-0.39, 0.29) is 42.9 Å². The van der Waals surface area contributed by atoms with Gasteiger partial charge in [-0.2, -0.15) is 0 Å². The molecular weight excluding hydrogens is 696 g/mol. The van der Waals surface area contributed by atoms with E-state index in [2.05, 4.69) is 40.3 Å². The van der Waals surface area contributed by atoms with Crippen LogP contribution in [0, 0.1) is 41.4 Å². The van der Waals surface area contributed by atoms with Crippen molar-refractivity contribution in [3.8, 4) is 0 Å². The van der Waals surface area contributed by atoms with Crippen LogP contribution >= 0.6 is 0 Å². The second-order valence-corrected chi connectivity index (χ2v) is 17.0. The molecule has 0 amide bonds. The van der Waals surface area contributed by atoms with Crippen LogP contribution in [0.5, 0.6) is 0 Å². The zero-order chi connectivity index (χ0) is 39.6. The van der Waals surface area contributed by atoms with E-state index in [0.717, 1.165) is 37.7 Å². The Bertz CT molecular complexity index is 1440. The van der Waals surface area contributed by atoms with Gasteiger partial charge in [-0.05, 0) is 100 Å². The van der Waals surface area contributed by atoms with Gasteiger partial charge in [-0.25, -0.2) is 0 Å². The lowest BCUT2D eigenvalue weighted by Gasteiger charge is -2.46. The topological polar surface area (TPSA) is 178 Å². The molecule has 4 N–H and O–H groups in total. The number of aliphatic hydroxyl groups excluding tert-OH is 4. The van der Waals surface area contributed by atoms with Gasteiger partial charge in [0, 0.05) is 25.6 Å². The highest BCUT2D eigenvalue weighted by molar-refractivity contribution is 6.26. The Labute approximate surface area is 320 Å². The van der Waals surface area contributed by atoms with Crippen molar-refractivity contribution in [2.24, 2.45) is 41.4 Å². The van der Waals surface area contributed by atoms with Crippen LogP contribution < -0.4 is 0 Å². The van der Waals surface area contributed by atoms with E-state index in [4.69, 9.17) is 23.7 Å². The van der Waals surface area contributed by atoms with E-state index in [1.165, 1.54) is 7.11 Å². The summed E-state index contributed by atoms with van der Waals surface area (Å²) in [5.41, 5.74) is 1.31. The van der Waals surface area contributed by atoms with Gasteiger partial charge in [-0.3, -0.25) is 14.4 Å². The third-order valence-corrected chi connectivity index (χ3v) is 13.3. The second-order valence-electron chi connectivity index (χ2n) is 17.0. The standard InChI is InChI=1S/C42H64O12/c1-9-29(45)32-14-15-33(52-32)42(7)18-24(5)30(54-42)12-10-21(2)39-22(3)11-13-31(53-39)27(19-43)17-26-16-23(4)36(46)28(20-44)34(26)40(50-8)38(48)35-37(47)25(6)51-41(35)49/h10,17,22-24,26,28-36,39-40,43-46H,6,9,11-16,18-20H2,1-5,7-8H3/b21-10+,27-17+/t22-,23+,24+,26+,28-,29+,30-,31+,32-,33+,34+,35?,36+,39+,40-,42-/m0/s1. The number of hydrogen-bond acceptors (Lipinski definition) is 12. The van der Waals surface area contributed by atoms with Crippen molar-refractivity contribution in [2.45, 2.75) is 147 Å². The third kappa shape index (κ3) is 8.66. The molecule has 4 aliphatic heterocycles. The Kier molecular flexibility index (Phi) is 14.2. The van der Waals surface area contributed by atoms with E-state index in [9.17, 15) is 34.8 Å². The summed E-state index contributed by atoms with van der Waals surface area (Å²) in [6.07, 6.45) is 6.47. The number of carbonyl (C=O) groups excluding carboxylic acids is 3. The molecule has 1 unspecified atom stereocenters. The molecule has 1 aliphatic carbocycles. The number of carbonyl (C=O) groups is 3. The minimum atomic E-state index is -1.73. The number of aliphatic hydroxyl groups is 4. The van der Waals surface area contributed by atoms with Gasteiger partial charge >= 0.3 is 5.97 Å². The molecule has 5 rings (SSSR count). The molecule has 0 bridgehead atoms. The fourth-order valence-electron chi connectivity index (χ4n) is 10.1. The molecule has 5 fully saturated rings. The van der Waals surface area contributed by atoms with E-state index in [0.29, 0.717) is 30.8 Å². The van der Waals surface area contributed by atoms with Crippen LogP contribution in [0.1, 0.15) is 92.9 Å². The van der Waals surface area contributed by atoms with Gasteiger partial charge in [0.15, 0.2) is 17.5 Å². The summed E-state index contributed by atoms with van der Waals surface area (Å²) in [6.45, 7) is 15.1. The number of hydrogen-bond donors (Lipinski definition) is 4. The van der Waals surface area contributed by atoms with E-state index in [1.54, 1.807) is 0 Å². The predicted molar refractivity (Wildman–Crippen MR) is 199 cm³/mol. The highest BCUT2D eigenvalue weighted by atomic mass is 16.6. The summed E-state index contributed by atoms with van der Waals surface area (Å²) in [5, 5.41) is 42.8. The van der Waals surface area contributed by atoms with E-state index >= 15 is 0 Å². The van der Waals surface area contributed by atoms with Gasteiger partial charge in [0.1, 0.15) is 6.10 Å². The minimum Gasteiger partial charge on any atom is -0.422 e. The van der Waals surface area contributed by atoms with Crippen molar-refractivity contribution < 1.29 is 58.5 Å². The van der Waals surface area contributed by atoms with Gasteiger partial charge < -0.3 is 44.1 Å². The first-order valence-corrected chi connectivity index (χ1v) is 20.0. The first kappa shape index (κ1) is 42.8. The Morgan fingerprint density at radius 2 is 1.80 bits per heavy atom. The predicted octanol–water partition coefficient (Wildman–Crippen LogP) is 4.01. The van der Waals surface area contributed by atoms with Crippen LogP contribution in [0.15, 0.2) is 35.6 Å². The first-order valence-electron chi connectivity index (χ1n) is 20.0. The second kappa shape index (κ2) is 17.9. The van der Waals surface area contributed by atoms with Crippen LogP contribution in [0.25, 0.3) is 0 Å². The number of cyclic esters (lactones) is 1. The quantitative estimate of drug-likeness (QED) is 0.0868. The molecule has 304 valence electrons. The van der Waals surface area contributed by atoms with Crippen molar-refractivity contribution >= 4 is 17.5 Å². The molecule has 54 heavy (non-hydrogen) atoms. The van der Waals surface area contributed by atoms with Gasteiger partial charge in [0.2, 0.25) is 5.78 Å². The zero-order valence-corrected chi connectivity index (χ0v) is 33.1. The number of ketones is 2. The maximum Gasteiger partial charge on any atom is 0.330 e. The van der Waals surface area contributed by atoms with Crippen molar-refractivity contribution in [1.29, 1.82) is 0 Å². The van der Waals surface area contributed by atoms with Gasteiger partial charge in [0.25, 0.3) is 0 Å². The number of Topliss-reactive ketones (excluding diaryl/α,β-unsaturated/α-hetero) is 2. The maximum absolute atomic E-state index is 13.8. The van der Waals surface area contributed by atoms with Gasteiger partial charge in [0.05, 0.1) is 54.9 Å². The van der Waals surface area contributed by atoms with Crippen LogP contribution in [-0.2, 0) is 38.1 Å². The molecule has 12 nitrogen and oxygen atoms in total. The Hall–Kier alpha value is -2.29. The molecular formula is C42H64O12. The molecule has 0 aromatic carbocycles. The molecule has 0 aromatic rings. The fourth-order valence-corrected chi connectivity index (χ4v) is 10.1. The molecule has 4 saturated heterocycles. The fraction of sp³-hybridized carbons (Fsp3) is 0.786. The lowest BCUT2D eigenvalue weighted by molar-refractivity contribution is -0.155. The number of rotatable bonds is 14. The van der Waals surface area contributed by atoms with Crippen LogP contribution in [-0.4, -0.2) is 113 Å². The van der Waals surface area contributed by atoms with Gasteiger partial charge in [-0.1, -0.05) is 46.4 Å². The van der Waals surface area contributed by atoms with Crippen LogP contribution in [0.2, 0.25) is 0 Å². The molecule has 0 aromatic heterocycles. The van der Waals surface area contributed by atoms with Crippen molar-refractivity contribution in [1.82, 2.24) is 0 Å². The highest BCUT2D eigenvalue weighted by Crippen LogP contribution is 2.46. The summed E-state index contributed by atoms with van der Waals surface area (Å²) in [4.78, 5) is 39.0. The van der Waals surface area contributed by atoms with Crippen molar-refractivity contribution in [2.75, 3.05) is 20.3 Å². The number of esters is 1. The summed E-state index contributed by atoms with van der Waals surface area (Å²) >= 11 is 0. The molecule has 4 heterocycles. The Morgan fingerprint density at radius 3 is 2.41 bits per heavy atom. The molecule has 1 saturated carbocycles. The molecule has 5 aliphatic rings. The summed E-state index contributed by atoms with van der Waals surface area (Å²) in [7, 11) is 1.30. The van der Waals surface area contributed by atoms with Crippen LogP contribution in [0.3, 0.4) is 0 Å². The number of methoxy groups -OCH3 is 1. The third-order valence-electron chi connectivity index (χ3n) is 13.3. The average Bonchev–Trinajstić information content (AvgIpc) is 3.83. The average molecular weight is 761 g/mol. The zero-order valence-electron chi connectivity index (χ0n) is 33.1. The highest BCUT2D eigenvalue weighted by Gasteiger charge is 2.54. The minimum absolute atomic E-state index is 0.0160. The normalized spacial score (nSPS) is 42.0. The number of allylic oxidation sites excluding steroid dienone is 2. The molecule has 16 atom stereocenters. The van der Waals surface area contributed by atoms with Crippen molar-refractivity contribution in [3.05, 3.63) is 35.6 Å². The van der Waals surface area contributed by atoms with E-state index < -0.39 is 83.6 Å². The summed E-state index contributed by atoms with van der Waals surface area (Å²) in [5.74, 6) is -6.59. The smallest absolute Gasteiger partial charge is 0.330 e. The lowest BCUT2D eigenvalue weighted by Crippen LogP contribution is -2.53. The summed E-state index contributed by atoms with van der Waals surface area (Å²) < 4.78 is 30.3. The monoisotopic (exact) mass is 760 g/mol. The van der Waals surface area contributed by atoms with Gasteiger partial charge in [-0.15, -0.1) is 0 Å². The van der Waals surface area contributed by atoms with Crippen molar-refractivity contribution in [3.63, 3.8) is 0 Å². The number of ether oxygens (including phenoxy) is 5. The summed E-state index contributed by atoms with van der Waals surface area (Å²) in [6, 6.07) is 0. The first-order chi connectivity index (χ1) is 25.6. The van der Waals surface area contributed by atoms with Crippen LogP contribution in [0.4, 0.5) is 0 Å². The molecule has 0 radical (unpaired) electrons. The molecule has 0 spiro atoms. The Balaban J connectivity index is 1.32. The Morgan fingerprint density at radius 1 is 1.07 bits per heavy atom. The SMILES string of the molecule is C=C1OC(=O)C(C(=O)[C@@H](OC)[C@H]2[C@H](CO)[C@H](O)[C@H](C)C[C@@H]2/C=C(\CO)[C@H]2CC[C@H](C)[C@@H](/C(C)=C/C[C@@H]3O[C@](C)([C@H]4CC[C@@H]([C@H](O)CC)O4)C[C@H]3C)O2)C1=O. The maximum atomic E-state index is 13.8.